The minimum Gasteiger partial charge on any atom is -0.246 e. The van der Waals surface area contributed by atoms with Gasteiger partial charge in [0, 0.05) is 11.8 Å². The van der Waals surface area contributed by atoms with Crippen molar-refractivity contribution >= 4 is 15.9 Å². The fourth-order valence-corrected chi connectivity index (χ4v) is 1.36. The van der Waals surface area contributed by atoms with Gasteiger partial charge in [-0.25, -0.2) is 4.39 Å². The molecule has 0 amide bonds. The van der Waals surface area contributed by atoms with E-state index in [0.717, 1.165) is 5.56 Å². The summed E-state index contributed by atoms with van der Waals surface area (Å²) in [5.41, 5.74) is 2.27. The van der Waals surface area contributed by atoms with Gasteiger partial charge in [0.25, 0.3) is 0 Å². The van der Waals surface area contributed by atoms with Gasteiger partial charge in [-0.05, 0) is 18.1 Å². The van der Waals surface area contributed by atoms with E-state index in [1.165, 1.54) is 5.56 Å². The van der Waals surface area contributed by atoms with E-state index in [9.17, 15) is 4.39 Å². The lowest BCUT2D eigenvalue weighted by molar-refractivity contribution is 0.368. The molecule has 0 N–H and O–H groups in total. The highest BCUT2D eigenvalue weighted by Gasteiger charge is 2.06. The molecule has 0 heterocycles. The Morgan fingerprint density at radius 2 is 2.08 bits per heavy atom. The SMILES string of the molecule is Cc1ccccc1C[C@@H](F)CBr. The molecule has 2 heteroatoms. The molecule has 0 aliphatic rings. The zero-order valence-corrected chi connectivity index (χ0v) is 8.64. The molecule has 1 aromatic carbocycles. The number of benzene rings is 1. The first-order valence-electron chi connectivity index (χ1n) is 3.98. The van der Waals surface area contributed by atoms with E-state index in [1.54, 1.807) is 0 Å². The fraction of sp³-hybridized carbons (Fsp3) is 0.400. The molecule has 0 bridgehead atoms. The van der Waals surface area contributed by atoms with Crippen LogP contribution in [-0.2, 0) is 6.42 Å². The molecule has 0 aliphatic carbocycles. The van der Waals surface area contributed by atoms with Crippen LogP contribution < -0.4 is 0 Å². The molecule has 0 nitrogen and oxygen atoms in total. The van der Waals surface area contributed by atoms with Gasteiger partial charge in [-0.2, -0.15) is 0 Å². The largest absolute Gasteiger partial charge is 0.246 e. The molecule has 1 aromatic rings. The number of halogens is 2. The quantitative estimate of drug-likeness (QED) is 0.700. The minimum atomic E-state index is -0.772. The van der Waals surface area contributed by atoms with Crippen molar-refractivity contribution in [2.24, 2.45) is 0 Å². The van der Waals surface area contributed by atoms with Crippen LogP contribution in [0.5, 0.6) is 0 Å². The average Bonchev–Trinajstić information content (AvgIpc) is 2.09. The van der Waals surface area contributed by atoms with E-state index < -0.39 is 6.17 Å². The van der Waals surface area contributed by atoms with Gasteiger partial charge in [0.1, 0.15) is 6.17 Å². The Balaban J connectivity index is 2.69. The summed E-state index contributed by atoms with van der Waals surface area (Å²) in [6.07, 6.45) is -0.260. The van der Waals surface area contributed by atoms with Crippen molar-refractivity contribution in [2.45, 2.75) is 19.5 Å². The number of hydrogen-bond acceptors (Lipinski definition) is 0. The van der Waals surface area contributed by atoms with Crippen molar-refractivity contribution in [2.75, 3.05) is 5.33 Å². The highest BCUT2D eigenvalue weighted by atomic mass is 79.9. The summed E-state index contributed by atoms with van der Waals surface area (Å²) >= 11 is 3.12. The van der Waals surface area contributed by atoms with Crippen molar-refractivity contribution in [1.29, 1.82) is 0 Å². The molecule has 12 heavy (non-hydrogen) atoms. The maximum Gasteiger partial charge on any atom is 0.114 e. The van der Waals surface area contributed by atoms with E-state index in [-0.39, 0.29) is 0 Å². The molecule has 0 spiro atoms. The summed E-state index contributed by atoms with van der Waals surface area (Å²) in [5, 5.41) is 0.418. The van der Waals surface area contributed by atoms with Crippen LogP contribution in [0.15, 0.2) is 24.3 Å². The maximum atomic E-state index is 13.0. The standard InChI is InChI=1S/C10H12BrF/c1-8-4-2-3-5-9(8)6-10(12)7-11/h2-5,10H,6-7H2,1H3/t10-/m1/s1. The Morgan fingerprint density at radius 1 is 1.42 bits per heavy atom. The third-order valence-corrected chi connectivity index (χ3v) is 2.57. The van der Waals surface area contributed by atoms with Crippen LogP contribution in [0.4, 0.5) is 4.39 Å². The van der Waals surface area contributed by atoms with Crippen molar-refractivity contribution < 1.29 is 4.39 Å². The van der Waals surface area contributed by atoms with Gasteiger partial charge in [0.15, 0.2) is 0 Å². The topological polar surface area (TPSA) is 0 Å². The second-order valence-electron chi connectivity index (χ2n) is 2.88. The van der Waals surface area contributed by atoms with Crippen LogP contribution in [0.2, 0.25) is 0 Å². The molecule has 0 fully saturated rings. The maximum absolute atomic E-state index is 13.0. The molecule has 66 valence electrons. The normalized spacial score (nSPS) is 12.9. The summed E-state index contributed by atoms with van der Waals surface area (Å²) in [6, 6.07) is 7.91. The third-order valence-electron chi connectivity index (χ3n) is 1.87. The number of hydrogen-bond donors (Lipinski definition) is 0. The molecule has 0 unspecified atom stereocenters. The van der Waals surface area contributed by atoms with E-state index >= 15 is 0 Å². The summed E-state index contributed by atoms with van der Waals surface area (Å²) < 4.78 is 13.0. The molecular formula is C10H12BrF. The first-order chi connectivity index (χ1) is 5.74. The lowest BCUT2D eigenvalue weighted by atomic mass is 10.0. The Bertz CT molecular complexity index is 247. The van der Waals surface area contributed by atoms with Crippen LogP contribution in [0.3, 0.4) is 0 Å². The Kier molecular flexibility index (Phi) is 3.73. The molecule has 0 aliphatic heterocycles. The second kappa shape index (κ2) is 4.61. The van der Waals surface area contributed by atoms with Gasteiger partial charge in [0.2, 0.25) is 0 Å². The molecule has 0 saturated carbocycles. The third kappa shape index (κ3) is 2.59. The highest BCUT2D eigenvalue weighted by Crippen LogP contribution is 2.12. The smallest absolute Gasteiger partial charge is 0.114 e. The number of aryl methyl sites for hydroxylation is 1. The second-order valence-corrected chi connectivity index (χ2v) is 3.53. The summed E-state index contributed by atoms with van der Waals surface area (Å²) in [6.45, 7) is 2.01. The van der Waals surface area contributed by atoms with Gasteiger partial charge in [-0.3, -0.25) is 0 Å². The summed E-state index contributed by atoms with van der Waals surface area (Å²) in [4.78, 5) is 0. The molecule has 0 aromatic heterocycles. The molecule has 0 radical (unpaired) electrons. The Labute approximate surface area is 80.9 Å². The van der Waals surface area contributed by atoms with Crippen molar-refractivity contribution in [1.82, 2.24) is 0 Å². The van der Waals surface area contributed by atoms with Crippen LogP contribution in [0.1, 0.15) is 11.1 Å². The molecule has 0 saturated heterocycles. The molecule has 1 atom stereocenters. The first kappa shape index (κ1) is 9.72. The van der Waals surface area contributed by atoms with Gasteiger partial charge in [-0.15, -0.1) is 0 Å². The van der Waals surface area contributed by atoms with E-state index in [1.807, 2.05) is 31.2 Å². The lowest BCUT2D eigenvalue weighted by Gasteiger charge is -2.06. The van der Waals surface area contributed by atoms with Crippen molar-refractivity contribution in [3.63, 3.8) is 0 Å². The number of rotatable bonds is 3. The van der Waals surface area contributed by atoms with Crippen LogP contribution in [0, 0.1) is 6.92 Å². The van der Waals surface area contributed by atoms with Gasteiger partial charge in [-0.1, -0.05) is 40.2 Å². The van der Waals surface area contributed by atoms with Crippen molar-refractivity contribution in [3.8, 4) is 0 Å². The summed E-state index contributed by atoms with van der Waals surface area (Å²) in [5.74, 6) is 0. The van der Waals surface area contributed by atoms with Gasteiger partial charge in [0.05, 0.1) is 0 Å². The molecule has 1 rings (SSSR count). The van der Waals surface area contributed by atoms with Crippen molar-refractivity contribution in [3.05, 3.63) is 35.4 Å². The first-order valence-corrected chi connectivity index (χ1v) is 5.10. The van der Waals surface area contributed by atoms with Crippen LogP contribution in [-0.4, -0.2) is 11.5 Å². The Hall–Kier alpha value is -0.370. The fourth-order valence-electron chi connectivity index (χ4n) is 1.13. The summed E-state index contributed by atoms with van der Waals surface area (Å²) in [7, 11) is 0. The Morgan fingerprint density at radius 3 is 2.67 bits per heavy atom. The molecular weight excluding hydrogens is 219 g/mol. The number of alkyl halides is 2. The monoisotopic (exact) mass is 230 g/mol. The van der Waals surface area contributed by atoms with E-state index in [0.29, 0.717) is 11.8 Å². The predicted octanol–water partition coefficient (Wildman–Crippen LogP) is 3.27. The van der Waals surface area contributed by atoms with Gasteiger partial charge >= 0.3 is 0 Å². The van der Waals surface area contributed by atoms with Gasteiger partial charge < -0.3 is 0 Å². The zero-order valence-electron chi connectivity index (χ0n) is 7.06. The van der Waals surface area contributed by atoms with Crippen LogP contribution in [0.25, 0.3) is 0 Å². The highest BCUT2D eigenvalue weighted by molar-refractivity contribution is 9.09. The van der Waals surface area contributed by atoms with E-state index in [4.69, 9.17) is 0 Å². The minimum absolute atomic E-state index is 0.418. The lowest BCUT2D eigenvalue weighted by Crippen LogP contribution is -2.06. The van der Waals surface area contributed by atoms with Crippen LogP contribution >= 0.6 is 15.9 Å². The average molecular weight is 231 g/mol. The van der Waals surface area contributed by atoms with E-state index in [2.05, 4.69) is 15.9 Å². The predicted molar refractivity (Wildman–Crippen MR) is 53.6 cm³/mol. The zero-order chi connectivity index (χ0) is 8.97.